The van der Waals surface area contributed by atoms with Crippen LogP contribution < -0.4 is 5.32 Å². The normalized spacial score (nSPS) is 10.4. The second-order valence-corrected chi connectivity index (χ2v) is 4.09. The molecule has 0 saturated carbocycles. The number of aromatic nitrogens is 1. The molecule has 0 radical (unpaired) electrons. The molecular weight excluding hydrogens is 212 g/mol. The number of benzene rings is 1. The van der Waals surface area contributed by atoms with Crippen molar-refractivity contribution in [1.82, 2.24) is 10.3 Å². The second-order valence-electron chi connectivity index (χ2n) is 4.09. The number of nitrogens with zero attached hydrogens (tertiary/aromatic N) is 1. The number of pyridine rings is 1. The Labute approximate surface area is 101 Å². The van der Waals surface area contributed by atoms with Gasteiger partial charge in [0.25, 0.3) is 0 Å². The highest BCUT2D eigenvalue weighted by Crippen LogP contribution is 2.17. The monoisotopic (exact) mass is 228 g/mol. The highest BCUT2D eigenvalue weighted by Gasteiger charge is 2.00. The molecule has 0 atom stereocenters. The SMILES string of the molecule is Cc1ccc(O)c(CNCc2ccncc2)c1. The first-order valence-electron chi connectivity index (χ1n) is 5.64. The molecule has 0 bridgehead atoms. The number of aryl methyl sites for hydroxylation is 1. The zero-order valence-corrected chi connectivity index (χ0v) is 9.85. The lowest BCUT2D eigenvalue weighted by Gasteiger charge is -2.07. The van der Waals surface area contributed by atoms with Crippen molar-refractivity contribution >= 4 is 0 Å². The number of rotatable bonds is 4. The predicted molar refractivity (Wildman–Crippen MR) is 67.6 cm³/mol. The minimum absolute atomic E-state index is 0.345. The van der Waals surface area contributed by atoms with Crippen molar-refractivity contribution in [3.05, 3.63) is 59.4 Å². The number of phenolic OH excluding ortho intramolecular Hbond substituents is 1. The molecule has 0 fully saturated rings. The molecule has 2 N–H and O–H groups in total. The van der Waals surface area contributed by atoms with E-state index in [-0.39, 0.29) is 0 Å². The summed E-state index contributed by atoms with van der Waals surface area (Å²) in [6.45, 7) is 3.46. The quantitative estimate of drug-likeness (QED) is 0.844. The Hall–Kier alpha value is -1.87. The van der Waals surface area contributed by atoms with Gasteiger partial charge in [-0.25, -0.2) is 0 Å². The predicted octanol–water partition coefficient (Wildman–Crippen LogP) is 2.39. The molecule has 17 heavy (non-hydrogen) atoms. The highest BCUT2D eigenvalue weighted by atomic mass is 16.3. The fourth-order valence-electron chi connectivity index (χ4n) is 1.70. The summed E-state index contributed by atoms with van der Waals surface area (Å²) >= 11 is 0. The minimum Gasteiger partial charge on any atom is -0.508 e. The molecule has 0 amide bonds. The number of aromatic hydroxyl groups is 1. The van der Waals surface area contributed by atoms with Crippen LogP contribution in [0.1, 0.15) is 16.7 Å². The van der Waals surface area contributed by atoms with Gasteiger partial charge in [-0.2, -0.15) is 0 Å². The Morgan fingerprint density at radius 3 is 2.65 bits per heavy atom. The summed E-state index contributed by atoms with van der Waals surface area (Å²) in [7, 11) is 0. The van der Waals surface area contributed by atoms with Crippen molar-refractivity contribution in [3.63, 3.8) is 0 Å². The van der Waals surface area contributed by atoms with Crippen LogP contribution in [0.4, 0.5) is 0 Å². The van der Waals surface area contributed by atoms with Gasteiger partial charge in [0.15, 0.2) is 0 Å². The Bertz CT molecular complexity index is 483. The molecule has 88 valence electrons. The molecule has 2 aromatic rings. The Kier molecular flexibility index (Phi) is 3.73. The summed E-state index contributed by atoms with van der Waals surface area (Å²) in [5.41, 5.74) is 3.27. The van der Waals surface area contributed by atoms with E-state index in [9.17, 15) is 5.11 Å². The molecule has 0 aliphatic rings. The third-order valence-electron chi connectivity index (χ3n) is 2.63. The van der Waals surface area contributed by atoms with E-state index in [4.69, 9.17) is 0 Å². The summed E-state index contributed by atoms with van der Waals surface area (Å²) in [5, 5.41) is 13.0. The zero-order chi connectivity index (χ0) is 12.1. The summed E-state index contributed by atoms with van der Waals surface area (Å²) in [6.07, 6.45) is 3.56. The van der Waals surface area contributed by atoms with Gasteiger partial charge in [-0.1, -0.05) is 17.7 Å². The third kappa shape index (κ3) is 3.29. The van der Waals surface area contributed by atoms with Crippen LogP contribution >= 0.6 is 0 Å². The molecule has 3 heteroatoms. The van der Waals surface area contributed by atoms with Crippen LogP contribution in [0.15, 0.2) is 42.7 Å². The average molecular weight is 228 g/mol. The Balaban J connectivity index is 1.92. The topological polar surface area (TPSA) is 45.1 Å². The van der Waals surface area contributed by atoms with Crippen molar-refractivity contribution in [1.29, 1.82) is 0 Å². The van der Waals surface area contributed by atoms with Gasteiger partial charge >= 0.3 is 0 Å². The molecule has 0 saturated heterocycles. The number of nitrogens with one attached hydrogen (secondary N) is 1. The maximum absolute atomic E-state index is 9.68. The van der Waals surface area contributed by atoms with Crippen LogP contribution in [0.25, 0.3) is 0 Å². The van der Waals surface area contributed by atoms with Crippen LogP contribution in [0.3, 0.4) is 0 Å². The molecule has 0 aliphatic carbocycles. The van der Waals surface area contributed by atoms with Gasteiger partial charge in [0, 0.05) is 31.0 Å². The number of hydrogen-bond donors (Lipinski definition) is 2. The van der Waals surface area contributed by atoms with Gasteiger partial charge in [-0.15, -0.1) is 0 Å². The lowest BCUT2D eigenvalue weighted by Crippen LogP contribution is -2.12. The standard InChI is InChI=1S/C14H16N2O/c1-11-2-3-14(17)13(8-11)10-16-9-12-4-6-15-7-5-12/h2-8,16-17H,9-10H2,1H3. The molecule has 1 aromatic heterocycles. The van der Waals surface area contributed by atoms with Crippen LogP contribution in [0, 0.1) is 6.92 Å². The second kappa shape index (κ2) is 5.46. The lowest BCUT2D eigenvalue weighted by molar-refractivity contribution is 0.464. The van der Waals surface area contributed by atoms with E-state index in [1.165, 1.54) is 5.56 Å². The highest BCUT2D eigenvalue weighted by molar-refractivity contribution is 5.35. The van der Waals surface area contributed by atoms with E-state index in [1.807, 2.05) is 31.2 Å². The van der Waals surface area contributed by atoms with Crippen LogP contribution in [-0.2, 0) is 13.1 Å². The molecule has 0 unspecified atom stereocenters. The zero-order valence-electron chi connectivity index (χ0n) is 9.85. The van der Waals surface area contributed by atoms with E-state index in [2.05, 4.69) is 10.3 Å². The van der Waals surface area contributed by atoms with Crippen molar-refractivity contribution in [2.75, 3.05) is 0 Å². The van der Waals surface area contributed by atoms with E-state index >= 15 is 0 Å². The summed E-state index contributed by atoms with van der Waals surface area (Å²) in [4.78, 5) is 3.97. The minimum atomic E-state index is 0.345. The maximum atomic E-state index is 9.68. The third-order valence-corrected chi connectivity index (χ3v) is 2.63. The largest absolute Gasteiger partial charge is 0.508 e. The Morgan fingerprint density at radius 2 is 1.88 bits per heavy atom. The van der Waals surface area contributed by atoms with Gasteiger partial charge < -0.3 is 10.4 Å². The fraction of sp³-hybridized carbons (Fsp3) is 0.214. The van der Waals surface area contributed by atoms with E-state index in [0.717, 1.165) is 17.7 Å². The van der Waals surface area contributed by atoms with Gasteiger partial charge in [0.1, 0.15) is 5.75 Å². The fourth-order valence-corrected chi connectivity index (χ4v) is 1.70. The van der Waals surface area contributed by atoms with E-state index in [1.54, 1.807) is 18.5 Å². The first-order valence-corrected chi connectivity index (χ1v) is 5.64. The van der Waals surface area contributed by atoms with Crippen LogP contribution in [0.2, 0.25) is 0 Å². The van der Waals surface area contributed by atoms with Gasteiger partial charge in [0.05, 0.1) is 0 Å². The van der Waals surface area contributed by atoms with E-state index in [0.29, 0.717) is 12.3 Å². The molecular formula is C14H16N2O. The van der Waals surface area contributed by atoms with Crippen molar-refractivity contribution in [2.24, 2.45) is 0 Å². The molecule has 1 heterocycles. The van der Waals surface area contributed by atoms with Crippen LogP contribution in [0.5, 0.6) is 5.75 Å². The van der Waals surface area contributed by atoms with Crippen molar-refractivity contribution in [3.8, 4) is 5.75 Å². The van der Waals surface area contributed by atoms with Crippen molar-refractivity contribution < 1.29 is 5.11 Å². The van der Waals surface area contributed by atoms with Gasteiger partial charge in [-0.3, -0.25) is 4.98 Å². The number of hydrogen-bond acceptors (Lipinski definition) is 3. The van der Waals surface area contributed by atoms with Gasteiger partial charge in [0.2, 0.25) is 0 Å². The van der Waals surface area contributed by atoms with Crippen LogP contribution in [-0.4, -0.2) is 10.1 Å². The number of phenols is 1. The molecule has 1 aromatic carbocycles. The summed E-state index contributed by atoms with van der Waals surface area (Å²) in [6, 6.07) is 9.58. The lowest BCUT2D eigenvalue weighted by atomic mass is 10.1. The molecule has 0 spiro atoms. The van der Waals surface area contributed by atoms with Gasteiger partial charge in [-0.05, 0) is 30.7 Å². The first kappa shape index (κ1) is 11.6. The maximum Gasteiger partial charge on any atom is 0.120 e. The molecule has 0 aliphatic heterocycles. The Morgan fingerprint density at radius 1 is 1.12 bits per heavy atom. The summed E-state index contributed by atoms with van der Waals surface area (Å²) in [5.74, 6) is 0.345. The molecule has 3 nitrogen and oxygen atoms in total. The first-order chi connectivity index (χ1) is 8.25. The van der Waals surface area contributed by atoms with Crippen molar-refractivity contribution in [2.45, 2.75) is 20.0 Å². The molecule has 2 rings (SSSR count). The van der Waals surface area contributed by atoms with E-state index < -0.39 is 0 Å². The summed E-state index contributed by atoms with van der Waals surface area (Å²) < 4.78 is 0. The smallest absolute Gasteiger partial charge is 0.120 e. The average Bonchev–Trinajstić information content (AvgIpc) is 2.35.